The molecule has 0 radical (unpaired) electrons. The fourth-order valence-electron chi connectivity index (χ4n) is 6.98. The van der Waals surface area contributed by atoms with Crippen molar-refractivity contribution in [2.45, 2.75) is 29.2 Å². The molecule has 43 heavy (non-hydrogen) atoms. The molecule has 1 heterocycles. The second kappa shape index (κ2) is 9.90. The number of amides is 2. The van der Waals surface area contributed by atoms with Crippen LogP contribution in [0, 0.1) is 11.8 Å². The van der Waals surface area contributed by atoms with E-state index in [0.29, 0.717) is 17.7 Å². The van der Waals surface area contributed by atoms with E-state index in [2.05, 4.69) is 0 Å². The summed E-state index contributed by atoms with van der Waals surface area (Å²) in [7, 11) is 0. The fourth-order valence-corrected chi connectivity index (χ4v) is 8.07. The third kappa shape index (κ3) is 3.73. The number of benzene rings is 4. The van der Waals surface area contributed by atoms with Crippen molar-refractivity contribution in [2.24, 2.45) is 11.8 Å². The molecule has 6 nitrogen and oxygen atoms in total. The van der Waals surface area contributed by atoms with Gasteiger partial charge in [-0.05, 0) is 52.9 Å². The van der Waals surface area contributed by atoms with Crippen molar-refractivity contribution >= 4 is 52.5 Å². The number of hydrogen-bond acceptors (Lipinski definition) is 5. The van der Waals surface area contributed by atoms with Crippen molar-refractivity contribution in [2.75, 3.05) is 4.90 Å². The van der Waals surface area contributed by atoms with E-state index in [1.54, 1.807) is 37.3 Å². The van der Waals surface area contributed by atoms with Crippen LogP contribution in [0.1, 0.15) is 56.3 Å². The minimum atomic E-state index is -1.28. The maximum absolute atomic E-state index is 14.2. The molecule has 214 valence electrons. The Kier molecular flexibility index (Phi) is 6.35. The quantitative estimate of drug-likeness (QED) is 0.106. The van der Waals surface area contributed by atoms with Crippen LogP contribution in [0.4, 0.5) is 5.69 Å². The molecule has 8 heteroatoms. The molecular weight excluding hydrogens is 585 g/mol. The highest BCUT2D eigenvalue weighted by atomic mass is 35.5. The number of carbonyl (C=O) groups is 4. The van der Waals surface area contributed by atoms with Crippen LogP contribution in [0.5, 0.6) is 0 Å². The SMILES string of the molecule is CC[C@@H](OC(=O)c1ccc(N2C(=O)[C@@H]3[C@H](C2=O)C2(Cl)c4ccccc4C3(Cl)c3ccccc32)cc1)C(=O)c1ccccc1. The normalized spacial score (nSPS) is 25.5. The van der Waals surface area contributed by atoms with Gasteiger partial charge in [-0.15, -0.1) is 23.2 Å². The Hall–Kier alpha value is -4.26. The number of nitrogens with zero attached hydrogens (tertiary/aromatic N) is 1. The summed E-state index contributed by atoms with van der Waals surface area (Å²) in [4.78, 5) is 52.7. The Balaban J connectivity index is 1.20. The summed E-state index contributed by atoms with van der Waals surface area (Å²) in [5, 5.41) is 0. The van der Waals surface area contributed by atoms with Gasteiger partial charge >= 0.3 is 5.97 Å². The molecule has 4 aromatic carbocycles. The van der Waals surface area contributed by atoms with Crippen molar-refractivity contribution in [1.82, 2.24) is 0 Å². The number of anilines is 1. The Morgan fingerprint density at radius 2 is 1.14 bits per heavy atom. The molecule has 1 saturated heterocycles. The largest absolute Gasteiger partial charge is 0.450 e. The van der Waals surface area contributed by atoms with Crippen LogP contribution in [0.2, 0.25) is 0 Å². The molecule has 0 aromatic heterocycles. The van der Waals surface area contributed by atoms with E-state index >= 15 is 0 Å². The number of halogens is 2. The van der Waals surface area contributed by atoms with Crippen LogP contribution in [0.3, 0.4) is 0 Å². The predicted octanol–water partition coefficient (Wildman–Crippen LogP) is 6.60. The first-order chi connectivity index (χ1) is 20.7. The summed E-state index contributed by atoms with van der Waals surface area (Å²) in [5.41, 5.74) is 3.83. The lowest BCUT2D eigenvalue weighted by atomic mass is 9.54. The molecule has 0 spiro atoms. The topological polar surface area (TPSA) is 80.8 Å². The molecule has 1 aliphatic heterocycles. The smallest absolute Gasteiger partial charge is 0.338 e. The zero-order valence-corrected chi connectivity index (χ0v) is 24.5. The summed E-state index contributed by atoms with van der Waals surface area (Å²) < 4.78 is 5.55. The van der Waals surface area contributed by atoms with Gasteiger partial charge in [-0.3, -0.25) is 14.4 Å². The number of esters is 1. The van der Waals surface area contributed by atoms with E-state index in [4.69, 9.17) is 27.9 Å². The van der Waals surface area contributed by atoms with Gasteiger partial charge in [-0.1, -0.05) is 85.8 Å². The molecule has 3 atom stereocenters. The van der Waals surface area contributed by atoms with Crippen LogP contribution in [-0.2, 0) is 24.1 Å². The van der Waals surface area contributed by atoms with Crippen LogP contribution >= 0.6 is 23.2 Å². The maximum atomic E-state index is 14.2. The zero-order valence-electron chi connectivity index (χ0n) is 23.0. The van der Waals surface area contributed by atoms with Gasteiger partial charge in [0.1, 0.15) is 9.75 Å². The van der Waals surface area contributed by atoms with E-state index in [9.17, 15) is 19.2 Å². The highest BCUT2D eigenvalue weighted by molar-refractivity contribution is 6.38. The maximum Gasteiger partial charge on any atom is 0.338 e. The Morgan fingerprint density at radius 1 is 0.698 bits per heavy atom. The lowest BCUT2D eigenvalue weighted by molar-refractivity contribution is -0.122. The van der Waals surface area contributed by atoms with Gasteiger partial charge in [0.05, 0.1) is 23.1 Å². The number of imide groups is 1. The third-order valence-electron chi connectivity index (χ3n) is 8.92. The predicted molar refractivity (Wildman–Crippen MR) is 162 cm³/mol. The van der Waals surface area contributed by atoms with Crippen LogP contribution in [-0.4, -0.2) is 29.7 Å². The van der Waals surface area contributed by atoms with Gasteiger partial charge in [-0.25, -0.2) is 9.69 Å². The first-order valence-electron chi connectivity index (χ1n) is 14.1. The monoisotopic (exact) mass is 609 g/mol. The standard InChI is InChI=1S/C35H25Cl2NO5/c1-2-27(30(39)20-10-4-3-5-11-20)43-33(42)21-16-18-22(19-17-21)38-31(40)28-29(32(38)41)35(37)24-13-7-6-12-23(24)34(28,36)25-14-8-9-15-26(25)35/h3-19,27-29H,2H2,1H3/t27-,28-,29+,34?,35?/m1/s1. The highest BCUT2D eigenvalue weighted by Crippen LogP contribution is 2.69. The zero-order chi connectivity index (χ0) is 30.1. The van der Waals surface area contributed by atoms with E-state index in [1.807, 2.05) is 48.5 Å². The van der Waals surface area contributed by atoms with Crippen molar-refractivity contribution in [3.8, 4) is 0 Å². The number of ether oxygens (including phenoxy) is 1. The van der Waals surface area contributed by atoms with E-state index in [1.165, 1.54) is 24.3 Å². The van der Waals surface area contributed by atoms with Crippen molar-refractivity contribution in [3.63, 3.8) is 0 Å². The van der Waals surface area contributed by atoms with E-state index in [0.717, 1.165) is 27.2 Å². The van der Waals surface area contributed by atoms with Gasteiger partial charge < -0.3 is 4.74 Å². The summed E-state index contributed by atoms with van der Waals surface area (Å²) in [6.45, 7) is 1.77. The Labute approximate surface area is 258 Å². The molecule has 1 fully saturated rings. The van der Waals surface area contributed by atoms with E-state index in [-0.39, 0.29) is 11.3 Å². The number of Topliss-reactive ketones (excluding diaryl/α,β-unsaturated/α-hetero) is 1. The van der Waals surface area contributed by atoms with Crippen LogP contribution in [0.25, 0.3) is 0 Å². The lowest BCUT2D eigenvalue weighted by Crippen LogP contribution is -2.57. The van der Waals surface area contributed by atoms with Gasteiger partial charge in [0.2, 0.25) is 17.6 Å². The average Bonchev–Trinajstić information content (AvgIpc) is 3.33. The van der Waals surface area contributed by atoms with Crippen LogP contribution < -0.4 is 4.90 Å². The van der Waals surface area contributed by atoms with Crippen LogP contribution in [0.15, 0.2) is 103 Å². The molecule has 3 aliphatic carbocycles. The van der Waals surface area contributed by atoms with Crippen molar-refractivity contribution < 1.29 is 23.9 Å². The number of alkyl halides is 2. The molecule has 4 aliphatic rings. The molecule has 2 bridgehead atoms. The first-order valence-corrected chi connectivity index (χ1v) is 14.8. The molecule has 0 N–H and O–H groups in total. The second-order valence-corrected chi connectivity index (χ2v) is 12.3. The summed E-state index contributed by atoms with van der Waals surface area (Å²) in [6.07, 6.45) is -0.639. The highest BCUT2D eigenvalue weighted by Gasteiger charge is 2.73. The Bertz CT molecular complexity index is 1700. The number of ketones is 1. The van der Waals surface area contributed by atoms with Crippen molar-refractivity contribution in [1.29, 1.82) is 0 Å². The minimum Gasteiger partial charge on any atom is -0.450 e. The minimum absolute atomic E-state index is 0.182. The third-order valence-corrected chi connectivity index (χ3v) is 10.2. The Morgan fingerprint density at radius 3 is 1.58 bits per heavy atom. The molecule has 4 aromatic rings. The lowest BCUT2D eigenvalue weighted by Gasteiger charge is -2.54. The summed E-state index contributed by atoms with van der Waals surface area (Å²) in [5.74, 6) is -3.72. The molecule has 2 amide bonds. The average molecular weight is 610 g/mol. The summed E-state index contributed by atoms with van der Waals surface area (Å²) in [6, 6.07) is 29.6. The molecule has 0 saturated carbocycles. The van der Waals surface area contributed by atoms with E-state index < -0.39 is 45.5 Å². The van der Waals surface area contributed by atoms with Gasteiger partial charge in [-0.2, -0.15) is 0 Å². The number of hydrogen-bond donors (Lipinski definition) is 0. The number of rotatable bonds is 6. The molecule has 8 rings (SSSR count). The molecular formula is C35H25Cl2NO5. The van der Waals surface area contributed by atoms with Gasteiger partial charge in [0.15, 0.2) is 6.10 Å². The van der Waals surface area contributed by atoms with Crippen molar-refractivity contribution in [3.05, 3.63) is 137 Å². The summed E-state index contributed by atoms with van der Waals surface area (Å²) >= 11 is 15.0. The molecule has 0 unspecified atom stereocenters. The van der Waals surface area contributed by atoms with Gasteiger partial charge in [0.25, 0.3) is 0 Å². The fraction of sp³-hybridized carbons (Fsp3) is 0.200. The van der Waals surface area contributed by atoms with Gasteiger partial charge in [0, 0.05) is 5.56 Å². The second-order valence-electron chi connectivity index (χ2n) is 11.1. The number of carbonyl (C=O) groups excluding carboxylic acids is 4. The first kappa shape index (κ1) is 27.6.